The van der Waals surface area contributed by atoms with E-state index in [4.69, 9.17) is 0 Å². The Morgan fingerprint density at radius 2 is 2.06 bits per heavy atom. The van der Waals surface area contributed by atoms with Gasteiger partial charge in [-0.25, -0.2) is 0 Å². The largest absolute Gasteiger partial charge is 0.309 e. The van der Waals surface area contributed by atoms with Crippen molar-refractivity contribution in [2.24, 2.45) is 0 Å². The topological polar surface area (TPSA) is 46.4 Å². The molecule has 1 rings (SSSR count). The van der Waals surface area contributed by atoms with E-state index in [0.717, 1.165) is 30.5 Å². The Morgan fingerprint density at radius 1 is 1.38 bits per heavy atom. The zero-order valence-electron chi connectivity index (χ0n) is 10.1. The van der Waals surface area contributed by atoms with Crippen LogP contribution in [-0.2, 0) is 6.42 Å². The summed E-state index contributed by atoms with van der Waals surface area (Å²) in [5.41, 5.74) is 1.86. The van der Waals surface area contributed by atoms with Crippen molar-refractivity contribution in [3.63, 3.8) is 0 Å². The highest BCUT2D eigenvalue weighted by Crippen LogP contribution is 2.24. The molecular weight excluding hydrogens is 204 g/mol. The third-order valence-electron chi connectivity index (χ3n) is 2.56. The van der Waals surface area contributed by atoms with Gasteiger partial charge in [0.1, 0.15) is 0 Å². The number of nitro groups is 1. The van der Waals surface area contributed by atoms with E-state index in [1.54, 1.807) is 13.0 Å². The average molecular weight is 222 g/mol. The third kappa shape index (κ3) is 3.31. The van der Waals surface area contributed by atoms with Gasteiger partial charge in [0.15, 0.2) is 0 Å². The molecular formula is C12H18N2O2. The van der Waals surface area contributed by atoms with Crippen molar-refractivity contribution in [3.05, 3.63) is 39.4 Å². The van der Waals surface area contributed by atoms with Crippen molar-refractivity contribution in [3.8, 4) is 0 Å². The van der Waals surface area contributed by atoms with Crippen LogP contribution in [0.1, 0.15) is 17.5 Å². The lowest BCUT2D eigenvalue weighted by molar-refractivity contribution is -0.386. The maximum absolute atomic E-state index is 10.9. The molecule has 0 amide bonds. The van der Waals surface area contributed by atoms with Gasteiger partial charge in [0.05, 0.1) is 4.92 Å². The summed E-state index contributed by atoms with van der Waals surface area (Å²) in [7, 11) is 4.01. The lowest BCUT2D eigenvalue weighted by Gasteiger charge is -2.09. The number of hydrogen-bond acceptors (Lipinski definition) is 3. The molecule has 1 aromatic rings. The van der Waals surface area contributed by atoms with Crippen LogP contribution in [0, 0.1) is 17.0 Å². The molecule has 0 aliphatic carbocycles. The van der Waals surface area contributed by atoms with Crippen molar-refractivity contribution in [2.45, 2.75) is 19.8 Å². The third-order valence-corrected chi connectivity index (χ3v) is 2.56. The van der Waals surface area contributed by atoms with Crippen LogP contribution in [0.5, 0.6) is 0 Å². The number of hydrogen-bond donors (Lipinski definition) is 0. The van der Waals surface area contributed by atoms with Crippen molar-refractivity contribution >= 4 is 5.69 Å². The maximum Gasteiger partial charge on any atom is 0.275 e. The van der Waals surface area contributed by atoms with Gasteiger partial charge in [0.2, 0.25) is 0 Å². The molecule has 0 bridgehead atoms. The predicted molar refractivity (Wildman–Crippen MR) is 64.7 cm³/mol. The van der Waals surface area contributed by atoms with Gasteiger partial charge in [-0.3, -0.25) is 10.1 Å². The van der Waals surface area contributed by atoms with Crippen LogP contribution in [0.15, 0.2) is 18.2 Å². The van der Waals surface area contributed by atoms with Gasteiger partial charge in [-0.05, 0) is 40.4 Å². The minimum Gasteiger partial charge on any atom is -0.309 e. The predicted octanol–water partition coefficient (Wildman–Crippen LogP) is 2.40. The number of benzene rings is 1. The summed E-state index contributed by atoms with van der Waals surface area (Å²) in [5, 5.41) is 10.9. The van der Waals surface area contributed by atoms with E-state index < -0.39 is 0 Å². The molecule has 0 radical (unpaired) electrons. The van der Waals surface area contributed by atoms with Gasteiger partial charge < -0.3 is 4.90 Å². The zero-order chi connectivity index (χ0) is 12.1. The first kappa shape index (κ1) is 12.6. The quantitative estimate of drug-likeness (QED) is 0.567. The minimum absolute atomic E-state index is 0.277. The van der Waals surface area contributed by atoms with Crippen LogP contribution in [-0.4, -0.2) is 30.5 Å². The molecule has 0 heterocycles. The second-order valence-corrected chi connectivity index (χ2v) is 4.25. The van der Waals surface area contributed by atoms with E-state index in [-0.39, 0.29) is 10.6 Å². The molecule has 0 N–H and O–H groups in total. The molecule has 0 saturated heterocycles. The summed E-state index contributed by atoms with van der Waals surface area (Å²) in [4.78, 5) is 12.7. The second kappa shape index (κ2) is 5.61. The van der Waals surface area contributed by atoms with Crippen LogP contribution < -0.4 is 0 Å². The molecule has 88 valence electrons. The van der Waals surface area contributed by atoms with E-state index in [1.807, 2.05) is 26.2 Å². The first-order valence-electron chi connectivity index (χ1n) is 5.40. The Morgan fingerprint density at radius 3 is 2.62 bits per heavy atom. The van der Waals surface area contributed by atoms with Crippen molar-refractivity contribution in [1.82, 2.24) is 4.90 Å². The summed E-state index contributed by atoms with van der Waals surface area (Å²) in [6.07, 6.45) is 1.70. The Bertz CT molecular complexity index is 375. The molecule has 0 aliphatic rings. The first-order valence-corrected chi connectivity index (χ1v) is 5.40. The fourth-order valence-corrected chi connectivity index (χ4v) is 1.77. The maximum atomic E-state index is 10.9. The fourth-order valence-electron chi connectivity index (χ4n) is 1.77. The highest BCUT2D eigenvalue weighted by atomic mass is 16.6. The van der Waals surface area contributed by atoms with Gasteiger partial charge in [-0.1, -0.05) is 18.2 Å². The number of para-hydroxylation sites is 1. The lowest BCUT2D eigenvalue weighted by atomic mass is 10.0. The van der Waals surface area contributed by atoms with E-state index in [2.05, 4.69) is 4.90 Å². The SMILES string of the molecule is Cc1cccc(CCCN(C)C)c1[N+](=O)[O-]. The van der Waals surface area contributed by atoms with Crippen molar-refractivity contribution in [2.75, 3.05) is 20.6 Å². The molecule has 1 aromatic carbocycles. The molecule has 0 saturated carbocycles. The number of nitrogens with zero attached hydrogens (tertiary/aromatic N) is 2. The molecule has 0 unspecified atom stereocenters. The van der Waals surface area contributed by atoms with Gasteiger partial charge in [-0.2, -0.15) is 0 Å². The Kier molecular flexibility index (Phi) is 4.43. The number of nitro benzene ring substituents is 1. The van der Waals surface area contributed by atoms with Gasteiger partial charge in [-0.15, -0.1) is 0 Å². The Hall–Kier alpha value is -1.42. The van der Waals surface area contributed by atoms with Crippen molar-refractivity contribution in [1.29, 1.82) is 0 Å². The average Bonchev–Trinajstić information content (AvgIpc) is 2.16. The number of aryl methyl sites for hydroxylation is 2. The molecule has 0 aliphatic heterocycles. The molecule has 4 heteroatoms. The van der Waals surface area contributed by atoms with Gasteiger partial charge in [0, 0.05) is 11.1 Å². The second-order valence-electron chi connectivity index (χ2n) is 4.25. The molecule has 0 aromatic heterocycles. The van der Waals surface area contributed by atoms with Crippen LogP contribution in [0.4, 0.5) is 5.69 Å². The highest BCUT2D eigenvalue weighted by molar-refractivity contribution is 5.47. The standard InChI is InChI=1S/C12H18N2O2/c1-10-6-4-7-11(12(10)14(15)16)8-5-9-13(2)3/h4,6-7H,5,8-9H2,1-3H3. The van der Waals surface area contributed by atoms with E-state index in [1.165, 1.54) is 0 Å². The Labute approximate surface area is 96.0 Å². The summed E-state index contributed by atoms with van der Waals surface area (Å²) in [6.45, 7) is 2.73. The van der Waals surface area contributed by atoms with E-state index in [0.29, 0.717) is 0 Å². The van der Waals surface area contributed by atoms with Crippen LogP contribution in [0.3, 0.4) is 0 Å². The number of rotatable bonds is 5. The first-order chi connectivity index (χ1) is 7.52. The summed E-state index contributed by atoms with van der Waals surface area (Å²) < 4.78 is 0. The normalized spacial score (nSPS) is 10.8. The van der Waals surface area contributed by atoms with Crippen LogP contribution in [0.2, 0.25) is 0 Å². The highest BCUT2D eigenvalue weighted by Gasteiger charge is 2.15. The molecule has 0 atom stereocenters. The van der Waals surface area contributed by atoms with E-state index >= 15 is 0 Å². The Balaban J connectivity index is 2.79. The molecule has 0 fully saturated rings. The van der Waals surface area contributed by atoms with Crippen LogP contribution in [0.25, 0.3) is 0 Å². The fraction of sp³-hybridized carbons (Fsp3) is 0.500. The molecule has 0 spiro atoms. The monoisotopic (exact) mass is 222 g/mol. The van der Waals surface area contributed by atoms with E-state index in [9.17, 15) is 10.1 Å². The van der Waals surface area contributed by atoms with Gasteiger partial charge in [0.25, 0.3) is 5.69 Å². The zero-order valence-corrected chi connectivity index (χ0v) is 10.1. The van der Waals surface area contributed by atoms with Crippen molar-refractivity contribution < 1.29 is 4.92 Å². The summed E-state index contributed by atoms with van der Waals surface area (Å²) >= 11 is 0. The van der Waals surface area contributed by atoms with Gasteiger partial charge >= 0.3 is 0 Å². The lowest BCUT2D eigenvalue weighted by Crippen LogP contribution is -2.13. The minimum atomic E-state index is -0.277. The summed E-state index contributed by atoms with van der Waals surface area (Å²) in [5.74, 6) is 0. The summed E-state index contributed by atoms with van der Waals surface area (Å²) in [6, 6.07) is 5.52. The smallest absolute Gasteiger partial charge is 0.275 e. The molecule has 4 nitrogen and oxygen atoms in total. The molecule has 16 heavy (non-hydrogen) atoms. The van der Waals surface area contributed by atoms with Crippen LogP contribution >= 0.6 is 0 Å².